The summed E-state index contributed by atoms with van der Waals surface area (Å²) in [6.45, 7) is 2.20. The van der Waals surface area contributed by atoms with Crippen LogP contribution < -0.4 is 15.9 Å². The Hall–Kier alpha value is -3.91. The Morgan fingerprint density at radius 1 is 1.20 bits per heavy atom. The van der Waals surface area contributed by atoms with Gasteiger partial charge in [0.25, 0.3) is 6.71 Å². The number of hydrogen-bond donors (Lipinski definition) is 1. The Morgan fingerprint density at radius 3 is 2.71 bits per heavy atom. The maximum Gasteiger partial charge on any atom is 0.335 e. The van der Waals surface area contributed by atoms with E-state index < -0.39 is 0 Å². The van der Waals surface area contributed by atoms with Gasteiger partial charge in [-0.1, -0.05) is 18.5 Å². The molecule has 1 saturated heterocycles. The predicted molar refractivity (Wildman–Crippen MR) is 141 cm³/mol. The Bertz CT molecular complexity index is 1420. The van der Waals surface area contributed by atoms with E-state index in [2.05, 4.69) is 26.2 Å². The molecule has 0 unspecified atom stereocenters. The number of imidazole rings is 1. The standard InChI is InChI=1S/C12H17BN4.C12H9N3O2S/c1-15-11-9-16-6-3-12(11)17-7-2-4-13(10-14)5-8-17;1-14-9-4-2-3-5-10(9)15(12(14)17)11-13-8(6-16)7-18-11/h3,6,9,15H,2,4-5,7-8H2,1H3;2-7H,1H3. The van der Waals surface area contributed by atoms with Crippen molar-refractivity contribution >= 4 is 46.7 Å². The number of fused-ring (bicyclic) bond motifs is 1. The molecule has 35 heavy (non-hydrogen) atoms. The van der Waals surface area contributed by atoms with Gasteiger partial charge in [0.2, 0.25) is 0 Å². The van der Waals surface area contributed by atoms with Crippen LogP contribution >= 0.6 is 11.3 Å². The molecule has 4 aromatic rings. The molecule has 0 amide bonds. The molecule has 0 radical (unpaired) electrons. The lowest BCUT2D eigenvalue weighted by molar-refractivity contribution is 0.111. The van der Waals surface area contributed by atoms with E-state index in [9.17, 15) is 9.59 Å². The van der Waals surface area contributed by atoms with Crippen molar-refractivity contribution in [3.8, 4) is 11.1 Å². The van der Waals surface area contributed by atoms with Gasteiger partial charge in [-0.05, 0) is 30.9 Å². The van der Waals surface area contributed by atoms with Gasteiger partial charge in [-0.2, -0.15) is 0 Å². The Labute approximate surface area is 207 Å². The number of hydrogen-bond acceptors (Lipinski definition) is 8. The molecule has 1 aliphatic heterocycles. The second-order valence-electron chi connectivity index (χ2n) is 8.23. The zero-order valence-corrected chi connectivity index (χ0v) is 20.5. The van der Waals surface area contributed by atoms with Gasteiger partial charge in [-0.3, -0.25) is 14.3 Å². The lowest BCUT2D eigenvalue weighted by Gasteiger charge is -2.24. The van der Waals surface area contributed by atoms with Crippen LogP contribution in [-0.2, 0) is 7.05 Å². The van der Waals surface area contributed by atoms with Crippen LogP contribution in [0.4, 0.5) is 11.4 Å². The summed E-state index contributed by atoms with van der Waals surface area (Å²) in [5, 5.41) is 14.3. The van der Waals surface area contributed by atoms with Crippen molar-refractivity contribution < 1.29 is 4.79 Å². The van der Waals surface area contributed by atoms with E-state index in [1.54, 1.807) is 17.0 Å². The Morgan fingerprint density at radius 2 is 2.00 bits per heavy atom. The lowest BCUT2D eigenvalue weighted by Crippen LogP contribution is -2.25. The van der Waals surface area contributed by atoms with E-state index in [-0.39, 0.29) is 12.4 Å². The van der Waals surface area contributed by atoms with Crippen molar-refractivity contribution in [1.82, 2.24) is 19.1 Å². The molecule has 5 rings (SSSR count). The summed E-state index contributed by atoms with van der Waals surface area (Å²) in [6.07, 6.45) is 7.42. The SMILES string of the molecule is CNc1cnccc1N1CCCB(C#N)CC1.Cn1c(=O)n(-c2nc(C=O)cs2)c2ccccc21. The van der Waals surface area contributed by atoms with Crippen LogP contribution in [0.3, 0.4) is 0 Å². The van der Waals surface area contributed by atoms with Crippen molar-refractivity contribution in [1.29, 1.82) is 5.26 Å². The number of thiazole rings is 1. The fourth-order valence-corrected chi connectivity index (χ4v) is 5.01. The van der Waals surface area contributed by atoms with Crippen molar-refractivity contribution in [2.24, 2.45) is 7.05 Å². The van der Waals surface area contributed by atoms with Gasteiger partial charge in [-0.15, -0.1) is 11.3 Å². The molecule has 0 bridgehead atoms. The van der Waals surface area contributed by atoms with Gasteiger partial charge in [0.05, 0.1) is 28.6 Å². The van der Waals surface area contributed by atoms with Crippen molar-refractivity contribution in [3.63, 3.8) is 0 Å². The molecule has 0 spiro atoms. The van der Waals surface area contributed by atoms with E-state index in [0.29, 0.717) is 17.1 Å². The third-order valence-corrected chi connectivity index (χ3v) is 6.95. The van der Waals surface area contributed by atoms with E-state index in [4.69, 9.17) is 5.26 Å². The van der Waals surface area contributed by atoms with Crippen LogP contribution in [0.5, 0.6) is 0 Å². The topological polar surface area (TPSA) is 109 Å². The number of nitrogens with zero attached hydrogens (tertiary/aromatic N) is 6. The second-order valence-corrected chi connectivity index (χ2v) is 9.06. The van der Waals surface area contributed by atoms with Crippen molar-refractivity contribution in [3.05, 3.63) is 64.3 Å². The molecule has 9 nitrogen and oxygen atoms in total. The number of nitrogens with one attached hydrogen (secondary N) is 1. The maximum absolute atomic E-state index is 12.2. The van der Waals surface area contributed by atoms with Crippen molar-refractivity contribution in [2.45, 2.75) is 19.1 Å². The first-order valence-corrected chi connectivity index (χ1v) is 12.3. The molecule has 11 heteroatoms. The zero-order chi connectivity index (χ0) is 24.8. The molecule has 178 valence electrons. The highest BCUT2D eigenvalue weighted by Crippen LogP contribution is 2.26. The zero-order valence-electron chi connectivity index (χ0n) is 19.7. The summed E-state index contributed by atoms with van der Waals surface area (Å²) in [5.74, 6) is 2.39. The summed E-state index contributed by atoms with van der Waals surface area (Å²) < 4.78 is 3.09. The normalized spacial score (nSPS) is 13.5. The van der Waals surface area contributed by atoms with E-state index >= 15 is 0 Å². The van der Waals surface area contributed by atoms with Gasteiger partial charge in [-0.25, -0.2) is 19.6 Å². The number of aryl methyl sites for hydroxylation is 1. The van der Waals surface area contributed by atoms with E-state index in [0.717, 1.165) is 48.9 Å². The summed E-state index contributed by atoms with van der Waals surface area (Å²) in [6, 6.07) is 9.52. The smallest absolute Gasteiger partial charge is 0.335 e. The molecule has 1 aliphatic rings. The third kappa shape index (κ3) is 5.12. The quantitative estimate of drug-likeness (QED) is 0.347. The number of nitriles is 1. The molecule has 4 heterocycles. The molecule has 0 aliphatic carbocycles. The molecule has 3 aromatic heterocycles. The van der Waals surface area contributed by atoms with Gasteiger partial charge in [0.1, 0.15) is 5.69 Å². The van der Waals surface area contributed by atoms with E-state index in [1.807, 2.05) is 49.8 Å². The first-order valence-electron chi connectivity index (χ1n) is 11.4. The lowest BCUT2D eigenvalue weighted by atomic mass is 9.46. The minimum atomic E-state index is -0.164. The largest absolute Gasteiger partial charge is 0.385 e. The molecule has 1 aromatic carbocycles. The highest BCUT2D eigenvalue weighted by atomic mass is 32.1. The number of para-hydroxylation sites is 2. The van der Waals surface area contributed by atoms with E-state index in [1.165, 1.54) is 21.6 Å². The average Bonchev–Trinajstić information content (AvgIpc) is 3.37. The maximum atomic E-state index is 12.2. The number of anilines is 2. The van der Waals surface area contributed by atoms with Crippen LogP contribution in [0.25, 0.3) is 16.2 Å². The fourth-order valence-electron chi connectivity index (χ4n) is 4.23. The minimum Gasteiger partial charge on any atom is -0.385 e. The van der Waals surface area contributed by atoms with Crippen LogP contribution in [0.2, 0.25) is 12.6 Å². The predicted octanol–water partition coefficient (Wildman–Crippen LogP) is 3.49. The molecule has 0 atom stereocenters. The summed E-state index contributed by atoms with van der Waals surface area (Å²) in [4.78, 5) is 33.4. The van der Waals surface area contributed by atoms with Gasteiger partial charge in [0.15, 0.2) is 11.4 Å². The van der Waals surface area contributed by atoms with Crippen LogP contribution in [0, 0.1) is 11.2 Å². The van der Waals surface area contributed by atoms with Crippen molar-refractivity contribution in [2.75, 3.05) is 30.4 Å². The third-order valence-electron chi connectivity index (χ3n) is 6.10. The number of carbonyl (C=O) groups excluding carboxylic acids is 1. The number of benzene rings is 1. The first-order chi connectivity index (χ1) is 17.1. The Balaban J connectivity index is 0.000000165. The van der Waals surface area contributed by atoms with Gasteiger partial charge in [0, 0.05) is 44.7 Å². The van der Waals surface area contributed by atoms with Crippen LogP contribution in [-0.4, -0.2) is 52.2 Å². The monoisotopic (exact) mass is 487 g/mol. The molecular formula is C24H26BN7O2S. The number of aldehydes is 1. The highest BCUT2D eigenvalue weighted by Gasteiger charge is 2.21. The molecule has 1 N–H and O–H groups in total. The number of rotatable bonds is 4. The molecule has 0 saturated carbocycles. The summed E-state index contributed by atoms with van der Waals surface area (Å²) in [5.41, 5.74) is 4.06. The van der Waals surface area contributed by atoms with Crippen LogP contribution in [0.15, 0.2) is 52.9 Å². The number of aromatic nitrogens is 4. The Kier molecular flexibility index (Phi) is 7.62. The summed E-state index contributed by atoms with van der Waals surface area (Å²) in [7, 11) is 3.63. The number of carbonyl (C=O) groups is 1. The number of pyridine rings is 1. The minimum absolute atomic E-state index is 0.164. The molecular weight excluding hydrogens is 461 g/mol. The van der Waals surface area contributed by atoms with Crippen LogP contribution in [0.1, 0.15) is 16.9 Å². The average molecular weight is 487 g/mol. The fraction of sp³-hybridized carbons (Fsp3) is 0.292. The highest BCUT2D eigenvalue weighted by molar-refractivity contribution is 7.12. The second kappa shape index (κ2) is 11.0. The van der Waals surface area contributed by atoms with Gasteiger partial charge >= 0.3 is 5.69 Å². The first kappa shape index (κ1) is 24.2. The summed E-state index contributed by atoms with van der Waals surface area (Å²) >= 11 is 1.28. The molecule has 1 fully saturated rings. The van der Waals surface area contributed by atoms with Gasteiger partial charge < -0.3 is 10.2 Å².